The molecule has 0 spiro atoms. The van der Waals surface area contributed by atoms with Gasteiger partial charge in [-0.15, -0.1) is 0 Å². The Balaban J connectivity index is 1.80. The van der Waals surface area contributed by atoms with Gasteiger partial charge in [0.25, 0.3) is 0 Å². The quantitative estimate of drug-likeness (QED) is 0.858. The maximum atomic E-state index is 12.3. The predicted octanol–water partition coefficient (Wildman–Crippen LogP) is 1.20. The van der Waals surface area contributed by atoms with Crippen LogP contribution in [0, 0.1) is 12.8 Å². The van der Waals surface area contributed by atoms with Crippen molar-refractivity contribution in [3.8, 4) is 0 Å². The Labute approximate surface area is 131 Å². The number of nitrogens with zero attached hydrogens (tertiary/aromatic N) is 1. The molecule has 1 heterocycles. The fraction of sp³-hybridized carbons (Fsp3) is 0.529. The van der Waals surface area contributed by atoms with Crippen LogP contribution in [0.1, 0.15) is 30.9 Å². The number of nitrogens with one attached hydrogen (secondary N) is 1. The Morgan fingerprint density at radius 2 is 1.86 bits per heavy atom. The number of hydrogen-bond donors (Lipinski definition) is 2. The van der Waals surface area contributed by atoms with Gasteiger partial charge in [-0.05, 0) is 45.3 Å². The largest absolute Gasteiger partial charge is 0.369 e. The van der Waals surface area contributed by atoms with E-state index in [2.05, 4.69) is 10.2 Å². The van der Waals surface area contributed by atoms with Crippen LogP contribution in [0.25, 0.3) is 0 Å². The number of carbonyl (C=O) groups excluding carboxylic acids is 2. The standard InChI is InChI=1S/C17H25N3O2/c1-12-3-5-14(6-4-12)11-19-17(22)13(2)20-9-7-15(8-10-20)16(18)21/h3-6,13,15H,7-11H2,1-2H3,(H2,18,21)(H,19,22)/t13-/m0/s1. The average Bonchev–Trinajstić information content (AvgIpc) is 2.53. The fourth-order valence-corrected chi connectivity index (χ4v) is 2.78. The van der Waals surface area contributed by atoms with E-state index >= 15 is 0 Å². The molecular weight excluding hydrogens is 278 g/mol. The zero-order chi connectivity index (χ0) is 16.1. The number of hydrogen-bond acceptors (Lipinski definition) is 3. The van der Waals surface area contributed by atoms with E-state index in [-0.39, 0.29) is 23.8 Å². The first-order valence-corrected chi connectivity index (χ1v) is 7.84. The molecule has 2 amide bonds. The third-order valence-corrected chi connectivity index (χ3v) is 4.45. The van der Waals surface area contributed by atoms with E-state index in [1.54, 1.807) is 0 Å². The molecule has 0 bridgehead atoms. The lowest BCUT2D eigenvalue weighted by Gasteiger charge is -2.34. The first kappa shape index (κ1) is 16.5. The van der Waals surface area contributed by atoms with Gasteiger partial charge in [0.05, 0.1) is 6.04 Å². The van der Waals surface area contributed by atoms with E-state index in [0.717, 1.165) is 31.5 Å². The SMILES string of the molecule is Cc1ccc(CNC(=O)[C@H](C)N2CCC(C(N)=O)CC2)cc1. The maximum absolute atomic E-state index is 12.3. The second-order valence-electron chi connectivity index (χ2n) is 6.09. The van der Waals surface area contributed by atoms with Crippen molar-refractivity contribution in [1.29, 1.82) is 0 Å². The number of benzene rings is 1. The minimum atomic E-state index is -0.226. The summed E-state index contributed by atoms with van der Waals surface area (Å²) in [5.41, 5.74) is 7.64. The number of primary amides is 1. The molecule has 5 heteroatoms. The third-order valence-electron chi connectivity index (χ3n) is 4.45. The fourth-order valence-electron chi connectivity index (χ4n) is 2.78. The first-order valence-electron chi connectivity index (χ1n) is 7.84. The van der Waals surface area contributed by atoms with Gasteiger partial charge >= 0.3 is 0 Å². The lowest BCUT2D eigenvalue weighted by atomic mass is 9.95. The van der Waals surface area contributed by atoms with Crippen LogP contribution >= 0.6 is 0 Å². The Kier molecular flexibility index (Phi) is 5.55. The van der Waals surface area contributed by atoms with Crippen molar-refractivity contribution in [3.05, 3.63) is 35.4 Å². The predicted molar refractivity (Wildman–Crippen MR) is 86.0 cm³/mol. The highest BCUT2D eigenvalue weighted by atomic mass is 16.2. The summed E-state index contributed by atoms with van der Waals surface area (Å²) in [6.45, 7) is 5.98. The van der Waals surface area contributed by atoms with E-state index in [9.17, 15) is 9.59 Å². The van der Waals surface area contributed by atoms with Crippen LogP contribution in [0.4, 0.5) is 0 Å². The highest BCUT2D eigenvalue weighted by Crippen LogP contribution is 2.18. The molecule has 1 aliphatic rings. The van der Waals surface area contributed by atoms with E-state index in [0.29, 0.717) is 6.54 Å². The third kappa shape index (κ3) is 4.31. The van der Waals surface area contributed by atoms with Gasteiger partial charge < -0.3 is 11.1 Å². The molecule has 120 valence electrons. The smallest absolute Gasteiger partial charge is 0.237 e. The molecule has 22 heavy (non-hydrogen) atoms. The lowest BCUT2D eigenvalue weighted by molar-refractivity contribution is -0.127. The Bertz CT molecular complexity index is 519. The van der Waals surface area contributed by atoms with Gasteiger partial charge in [-0.25, -0.2) is 0 Å². The number of nitrogens with two attached hydrogens (primary N) is 1. The molecule has 0 aliphatic carbocycles. The molecule has 1 aromatic carbocycles. The highest BCUT2D eigenvalue weighted by Gasteiger charge is 2.28. The lowest BCUT2D eigenvalue weighted by Crippen LogP contribution is -2.49. The molecular formula is C17H25N3O2. The van der Waals surface area contributed by atoms with Crippen LogP contribution in [0.5, 0.6) is 0 Å². The molecule has 3 N–H and O–H groups in total. The normalized spacial score (nSPS) is 17.9. The zero-order valence-electron chi connectivity index (χ0n) is 13.3. The summed E-state index contributed by atoms with van der Waals surface area (Å²) in [5, 5.41) is 2.98. The second-order valence-corrected chi connectivity index (χ2v) is 6.09. The van der Waals surface area contributed by atoms with Crippen molar-refractivity contribution >= 4 is 11.8 Å². The second kappa shape index (κ2) is 7.40. The molecule has 5 nitrogen and oxygen atoms in total. The number of rotatable bonds is 5. The summed E-state index contributed by atoms with van der Waals surface area (Å²) in [6.07, 6.45) is 1.48. The van der Waals surface area contributed by atoms with Gasteiger partial charge in [-0.1, -0.05) is 29.8 Å². The van der Waals surface area contributed by atoms with Crippen LogP contribution in [0.3, 0.4) is 0 Å². The van der Waals surface area contributed by atoms with Gasteiger partial charge in [0.15, 0.2) is 0 Å². The number of carbonyl (C=O) groups is 2. The van der Waals surface area contributed by atoms with Crippen molar-refractivity contribution < 1.29 is 9.59 Å². The van der Waals surface area contributed by atoms with Gasteiger partial charge in [0.2, 0.25) is 11.8 Å². The minimum Gasteiger partial charge on any atom is -0.369 e. The van der Waals surface area contributed by atoms with Gasteiger partial charge in [0, 0.05) is 12.5 Å². The minimum absolute atomic E-state index is 0.0260. The molecule has 0 unspecified atom stereocenters. The summed E-state index contributed by atoms with van der Waals surface area (Å²) in [5.74, 6) is -0.242. The molecule has 1 aliphatic heterocycles. The van der Waals surface area contributed by atoms with Crippen LogP contribution in [-0.2, 0) is 16.1 Å². The number of aryl methyl sites for hydroxylation is 1. The monoisotopic (exact) mass is 303 g/mol. The van der Waals surface area contributed by atoms with Crippen molar-refractivity contribution in [2.45, 2.75) is 39.3 Å². The summed E-state index contributed by atoms with van der Waals surface area (Å²) in [4.78, 5) is 25.5. The molecule has 0 aromatic heterocycles. The average molecular weight is 303 g/mol. The zero-order valence-corrected chi connectivity index (χ0v) is 13.3. The summed E-state index contributed by atoms with van der Waals surface area (Å²) in [7, 11) is 0. The number of likely N-dealkylation sites (tertiary alicyclic amines) is 1. The molecule has 0 saturated carbocycles. The molecule has 0 radical (unpaired) electrons. The van der Waals surface area contributed by atoms with Gasteiger partial charge in [-0.2, -0.15) is 0 Å². The first-order chi connectivity index (χ1) is 10.5. The highest BCUT2D eigenvalue weighted by molar-refractivity contribution is 5.81. The van der Waals surface area contributed by atoms with Crippen molar-refractivity contribution in [2.75, 3.05) is 13.1 Å². The van der Waals surface area contributed by atoms with Gasteiger partial charge in [-0.3, -0.25) is 14.5 Å². The maximum Gasteiger partial charge on any atom is 0.237 e. The topological polar surface area (TPSA) is 75.4 Å². The Morgan fingerprint density at radius 1 is 1.27 bits per heavy atom. The number of piperidine rings is 1. The van der Waals surface area contributed by atoms with E-state index < -0.39 is 0 Å². The molecule has 1 saturated heterocycles. The number of amides is 2. The van der Waals surface area contributed by atoms with E-state index in [1.807, 2.05) is 38.1 Å². The van der Waals surface area contributed by atoms with Crippen LogP contribution in [0.15, 0.2) is 24.3 Å². The molecule has 1 aromatic rings. The molecule has 2 rings (SSSR count). The van der Waals surface area contributed by atoms with Gasteiger partial charge in [0.1, 0.15) is 0 Å². The summed E-state index contributed by atoms with van der Waals surface area (Å²) >= 11 is 0. The Hall–Kier alpha value is -1.88. The van der Waals surface area contributed by atoms with Crippen LogP contribution < -0.4 is 11.1 Å². The summed E-state index contributed by atoms with van der Waals surface area (Å²) < 4.78 is 0. The van der Waals surface area contributed by atoms with Crippen LogP contribution in [-0.4, -0.2) is 35.8 Å². The van der Waals surface area contributed by atoms with Crippen molar-refractivity contribution in [2.24, 2.45) is 11.7 Å². The Morgan fingerprint density at radius 3 is 2.41 bits per heavy atom. The van der Waals surface area contributed by atoms with E-state index in [1.165, 1.54) is 5.56 Å². The molecule has 1 fully saturated rings. The van der Waals surface area contributed by atoms with Crippen LogP contribution in [0.2, 0.25) is 0 Å². The summed E-state index contributed by atoms with van der Waals surface area (Å²) in [6, 6.07) is 7.95. The van der Waals surface area contributed by atoms with Crippen molar-refractivity contribution in [3.63, 3.8) is 0 Å². The molecule has 1 atom stereocenters. The van der Waals surface area contributed by atoms with Crippen molar-refractivity contribution in [1.82, 2.24) is 10.2 Å². The van der Waals surface area contributed by atoms with E-state index in [4.69, 9.17) is 5.73 Å².